The molecule has 4 nitrogen and oxygen atoms in total. The van der Waals surface area contributed by atoms with Gasteiger partial charge < -0.3 is 10.2 Å². The molecule has 5 heteroatoms. The summed E-state index contributed by atoms with van der Waals surface area (Å²) in [6, 6.07) is 1.62. The summed E-state index contributed by atoms with van der Waals surface area (Å²) < 4.78 is 0. The third-order valence-electron chi connectivity index (χ3n) is 2.68. The molecule has 0 fully saturated rings. The van der Waals surface area contributed by atoms with Gasteiger partial charge in [0.1, 0.15) is 0 Å². The molecule has 1 atom stereocenters. The number of nitrogens with zero attached hydrogens (tertiary/aromatic N) is 2. The lowest BCUT2D eigenvalue weighted by molar-refractivity contribution is -0.131. The van der Waals surface area contributed by atoms with E-state index >= 15 is 0 Å². The first-order valence-electron chi connectivity index (χ1n) is 5.63. The van der Waals surface area contributed by atoms with Gasteiger partial charge >= 0.3 is 0 Å². The Labute approximate surface area is 107 Å². The number of aromatic nitrogens is 1. The second kappa shape index (κ2) is 6.57. The Kier molecular flexibility index (Phi) is 5.38. The summed E-state index contributed by atoms with van der Waals surface area (Å²) in [4.78, 5) is 17.4. The lowest BCUT2D eigenvalue weighted by atomic mass is 10.2. The van der Waals surface area contributed by atoms with E-state index in [0.717, 1.165) is 5.56 Å². The first kappa shape index (κ1) is 13.9. The van der Waals surface area contributed by atoms with Crippen molar-refractivity contribution in [2.24, 2.45) is 0 Å². The second-order valence-electron chi connectivity index (χ2n) is 3.92. The van der Waals surface area contributed by atoms with E-state index < -0.39 is 0 Å². The van der Waals surface area contributed by atoms with Gasteiger partial charge in [0.15, 0.2) is 0 Å². The summed E-state index contributed by atoms with van der Waals surface area (Å²) in [6.07, 6.45) is 3.29. The largest absolute Gasteiger partial charge is 0.345 e. The molecule has 17 heavy (non-hydrogen) atoms. The number of hydrogen-bond donors (Lipinski definition) is 1. The van der Waals surface area contributed by atoms with E-state index in [1.165, 1.54) is 0 Å². The maximum absolute atomic E-state index is 11.8. The van der Waals surface area contributed by atoms with Crippen LogP contribution in [0.2, 0.25) is 5.02 Å². The summed E-state index contributed by atoms with van der Waals surface area (Å²) >= 11 is 5.98. The molecule has 1 rings (SSSR count). The molecule has 0 bridgehead atoms. The zero-order valence-electron chi connectivity index (χ0n) is 10.4. The van der Waals surface area contributed by atoms with Gasteiger partial charge in [-0.3, -0.25) is 9.78 Å². The quantitative estimate of drug-likeness (QED) is 0.871. The molecule has 0 aliphatic rings. The number of pyridine rings is 1. The van der Waals surface area contributed by atoms with Crippen LogP contribution >= 0.6 is 11.6 Å². The predicted molar refractivity (Wildman–Crippen MR) is 68.9 cm³/mol. The molecule has 0 aliphatic heterocycles. The van der Waals surface area contributed by atoms with Gasteiger partial charge in [0, 0.05) is 32.5 Å². The number of rotatable bonds is 5. The smallest absolute Gasteiger partial charge is 0.239 e. The maximum Gasteiger partial charge on any atom is 0.239 e. The predicted octanol–water partition coefficient (Wildman–Crippen LogP) is 1.69. The van der Waals surface area contributed by atoms with Crippen molar-refractivity contribution >= 4 is 17.5 Å². The number of carbonyl (C=O) groups is 1. The molecule has 0 aromatic carbocycles. The fourth-order valence-electron chi connectivity index (χ4n) is 1.38. The van der Waals surface area contributed by atoms with Crippen LogP contribution in [0.25, 0.3) is 0 Å². The number of hydrogen-bond acceptors (Lipinski definition) is 3. The lowest BCUT2D eigenvalue weighted by Crippen LogP contribution is -2.42. The number of halogens is 1. The standard InChI is InChI=1S/C12H18ClN3O/c1-4-16(3)12(17)9(2)15-7-10-5-6-14-8-11(10)13/h5-6,8-9,15H,4,7H2,1-3H3. The third kappa shape index (κ3) is 3.98. The highest BCUT2D eigenvalue weighted by atomic mass is 35.5. The fraction of sp³-hybridized carbons (Fsp3) is 0.500. The molecule has 1 aromatic heterocycles. The molecule has 94 valence electrons. The van der Waals surface area contributed by atoms with E-state index in [2.05, 4.69) is 10.3 Å². The van der Waals surface area contributed by atoms with Gasteiger partial charge in [0.2, 0.25) is 5.91 Å². The highest BCUT2D eigenvalue weighted by Gasteiger charge is 2.15. The zero-order chi connectivity index (χ0) is 12.8. The Morgan fingerprint density at radius 2 is 2.35 bits per heavy atom. The van der Waals surface area contributed by atoms with E-state index in [-0.39, 0.29) is 11.9 Å². The molecule has 0 aliphatic carbocycles. The summed E-state index contributed by atoms with van der Waals surface area (Å²) in [6.45, 7) is 5.07. The molecule has 0 saturated carbocycles. The van der Waals surface area contributed by atoms with Crippen LogP contribution in [0, 0.1) is 0 Å². The molecule has 1 unspecified atom stereocenters. The van der Waals surface area contributed by atoms with Crippen molar-refractivity contribution < 1.29 is 4.79 Å². The number of likely N-dealkylation sites (N-methyl/N-ethyl adjacent to an activating group) is 1. The Morgan fingerprint density at radius 1 is 1.65 bits per heavy atom. The zero-order valence-corrected chi connectivity index (χ0v) is 11.2. The summed E-state index contributed by atoms with van der Waals surface area (Å²) in [5, 5.41) is 3.77. The van der Waals surface area contributed by atoms with E-state index in [0.29, 0.717) is 18.1 Å². The van der Waals surface area contributed by atoms with Crippen LogP contribution in [0.4, 0.5) is 0 Å². The average Bonchev–Trinajstić information content (AvgIpc) is 2.35. The van der Waals surface area contributed by atoms with Gasteiger partial charge in [-0.1, -0.05) is 11.6 Å². The highest BCUT2D eigenvalue weighted by Crippen LogP contribution is 2.12. The van der Waals surface area contributed by atoms with E-state index in [1.54, 1.807) is 24.3 Å². The minimum Gasteiger partial charge on any atom is -0.345 e. The van der Waals surface area contributed by atoms with E-state index in [4.69, 9.17) is 11.6 Å². The summed E-state index contributed by atoms with van der Waals surface area (Å²) in [5.74, 6) is 0.0812. The van der Waals surface area contributed by atoms with Crippen LogP contribution in [0.15, 0.2) is 18.5 Å². The Balaban J connectivity index is 2.51. The van der Waals surface area contributed by atoms with Crippen LogP contribution in [0.5, 0.6) is 0 Å². The van der Waals surface area contributed by atoms with Crippen LogP contribution in [0.1, 0.15) is 19.4 Å². The molecule has 0 spiro atoms. The second-order valence-corrected chi connectivity index (χ2v) is 4.33. The van der Waals surface area contributed by atoms with Crippen molar-refractivity contribution in [3.05, 3.63) is 29.0 Å². The number of amides is 1. The normalized spacial score (nSPS) is 12.2. The van der Waals surface area contributed by atoms with Gasteiger partial charge in [-0.05, 0) is 25.5 Å². The van der Waals surface area contributed by atoms with Crippen LogP contribution in [0.3, 0.4) is 0 Å². The third-order valence-corrected chi connectivity index (χ3v) is 3.02. The van der Waals surface area contributed by atoms with Crippen molar-refractivity contribution in [2.75, 3.05) is 13.6 Å². The molecule has 1 heterocycles. The minimum atomic E-state index is -0.218. The molecular weight excluding hydrogens is 238 g/mol. The van der Waals surface area contributed by atoms with E-state index in [9.17, 15) is 4.79 Å². The molecule has 1 N–H and O–H groups in total. The van der Waals surface area contributed by atoms with Gasteiger partial charge in [0.05, 0.1) is 11.1 Å². The molecular formula is C12H18ClN3O. The molecule has 1 aromatic rings. The van der Waals surface area contributed by atoms with Crippen LogP contribution in [-0.4, -0.2) is 35.4 Å². The van der Waals surface area contributed by atoms with Gasteiger partial charge in [-0.15, -0.1) is 0 Å². The van der Waals surface area contributed by atoms with Crippen molar-refractivity contribution in [3.63, 3.8) is 0 Å². The Hall–Kier alpha value is -1.13. The molecule has 1 amide bonds. The van der Waals surface area contributed by atoms with E-state index in [1.807, 2.05) is 19.9 Å². The monoisotopic (exact) mass is 255 g/mol. The highest BCUT2D eigenvalue weighted by molar-refractivity contribution is 6.31. The van der Waals surface area contributed by atoms with Gasteiger partial charge in [0.25, 0.3) is 0 Å². The number of carbonyl (C=O) groups excluding carboxylic acids is 1. The topological polar surface area (TPSA) is 45.2 Å². The van der Waals surface area contributed by atoms with Gasteiger partial charge in [-0.25, -0.2) is 0 Å². The van der Waals surface area contributed by atoms with Gasteiger partial charge in [-0.2, -0.15) is 0 Å². The first-order valence-corrected chi connectivity index (χ1v) is 6.00. The SMILES string of the molecule is CCN(C)C(=O)C(C)NCc1ccncc1Cl. The Bertz CT molecular complexity index is 384. The summed E-state index contributed by atoms with van der Waals surface area (Å²) in [7, 11) is 1.79. The van der Waals surface area contributed by atoms with Crippen LogP contribution in [-0.2, 0) is 11.3 Å². The maximum atomic E-state index is 11.8. The van der Waals surface area contributed by atoms with Crippen molar-refractivity contribution in [3.8, 4) is 0 Å². The number of nitrogens with one attached hydrogen (secondary N) is 1. The van der Waals surface area contributed by atoms with Crippen molar-refractivity contribution in [2.45, 2.75) is 26.4 Å². The molecule has 0 radical (unpaired) electrons. The molecule has 0 saturated heterocycles. The Morgan fingerprint density at radius 3 is 2.94 bits per heavy atom. The van der Waals surface area contributed by atoms with Crippen molar-refractivity contribution in [1.29, 1.82) is 0 Å². The summed E-state index contributed by atoms with van der Waals surface area (Å²) in [5.41, 5.74) is 0.945. The minimum absolute atomic E-state index is 0.0812. The van der Waals surface area contributed by atoms with Crippen LogP contribution < -0.4 is 5.32 Å². The van der Waals surface area contributed by atoms with Crippen molar-refractivity contribution in [1.82, 2.24) is 15.2 Å². The average molecular weight is 256 g/mol. The lowest BCUT2D eigenvalue weighted by Gasteiger charge is -2.20. The fourth-order valence-corrected chi connectivity index (χ4v) is 1.57. The first-order chi connectivity index (χ1) is 8.06.